The number of nitrogens with two attached hydrogens (primary N) is 1. The number of nitrogen functional groups attached to an aromatic ring is 1. The van der Waals surface area contributed by atoms with Gasteiger partial charge in [0.25, 0.3) is 5.56 Å². The van der Waals surface area contributed by atoms with Crippen LogP contribution in [0.4, 0.5) is 19.3 Å². The van der Waals surface area contributed by atoms with Gasteiger partial charge >= 0.3 is 6.09 Å². The quantitative estimate of drug-likeness (QED) is 0.641. The van der Waals surface area contributed by atoms with Crippen LogP contribution in [0, 0.1) is 0 Å². The van der Waals surface area contributed by atoms with E-state index in [1.165, 1.54) is 23.9 Å². The first kappa shape index (κ1) is 23.0. The monoisotopic (exact) mass is 489 g/mol. The van der Waals surface area contributed by atoms with Gasteiger partial charge in [-0.2, -0.15) is 0 Å². The zero-order chi connectivity index (χ0) is 24.9. The number of nitrogens with one attached hydrogen (secondary N) is 1. The van der Waals surface area contributed by atoms with Gasteiger partial charge in [0.1, 0.15) is 18.1 Å². The smallest absolute Gasteiger partial charge is 0.414 e. The maximum atomic E-state index is 15.3. The lowest BCUT2D eigenvalue weighted by Crippen LogP contribution is -2.45. The Labute approximate surface area is 198 Å². The summed E-state index contributed by atoms with van der Waals surface area (Å²) in [7, 11) is 0. The standard InChI is InChI=1S/C22H25F2N7O4/c1-12(32)26-10-15-11-29(22(34)35-15)14-7-17(23)19(18(24)8-14)28-2-4-30-20-16(6-13(25)9-27-20)21(33)31(30)5-3-28/h6-9,15,17,19H,2-5,10-11,25H2,1H3,(H,26,32)/t15-,17?,19?/m0/s1. The Bertz CT molecular complexity index is 1320. The third-order valence-corrected chi connectivity index (χ3v) is 6.44. The highest BCUT2D eigenvalue weighted by Crippen LogP contribution is 2.30. The van der Waals surface area contributed by atoms with Gasteiger partial charge in [0.05, 0.1) is 49.5 Å². The molecule has 35 heavy (non-hydrogen) atoms. The largest absolute Gasteiger partial charge is 0.442 e. The lowest BCUT2D eigenvalue weighted by Gasteiger charge is -2.33. The molecule has 4 heterocycles. The van der Waals surface area contributed by atoms with Crippen LogP contribution in [0.5, 0.6) is 0 Å². The van der Waals surface area contributed by atoms with Crippen molar-refractivity contribution < 1.29 is 23.1 Å². The Morgan fingerprint density at radius 3 is 2.71 bits per heavy atom. The molecule has 3 atom stereocenters. The summed E-state index contributed by atoms with van der Waals surface area (Å²) in [5, 5.41) is 2.97. The van der Waals surface area contributed by atoms with Crippen molar-refractivity contribution in [1.82, 2.24) is 29.5 Å². The van der Waals surface area contributed by atoms with Crippen LogP contribution in [0.2, 0.25) is 0 Å². The minimum Gasteiger partial charge on any atom is -0.442 e. The van der Waals surface area contributed by atoms with Gasteiger partial charge in [0, 0.05) is 25.7 Å². The van der Waals surface area contributed by atoms with E-state index in [1.54, 1.807) is 15.6 Å². The lowest BCUT2D eigenvalue weighted by atomic mass is 10.0. The van der Waals surface area contributed by atoms with Gasteiger partial charge in [-0.05, 0) is 18.2 Å². The molecule has 3 N–H and O–H groups in total. The van der Waals surface area contributed by atoms with Crippen LogP contribution in [0.3, 0.4) is 0 Å². The SMILES string of the molecule is CC(=O)NC[C@H]1CN(C2=CC(F)C(N3CCn4c(=O)c5cc(N)cnc5n4CC3)C(F)=C2)C(=O)O1. The van der Waals surface area contributed by atoms with Crippen LogP contribution >= 0.6 is 0 Å². The molecule has 0 bridgehead atoms. The number of fused-ring (bicyclic) bond motifs is 3. The Morgan fingerprint density at radius 2 is 2.00 bits per heavy atom. The Kier molecular flexibility index (Phi) is 5.79. The first-order chi connectivity index (χ1) is 16.7. The van der Waals surface area contributed by atoms with Gasteiger partial charge in [0.15, 0.2) is 5.65 Å². The number of ether oxygens (including phenoxy) is 1. The number of nitrogens with zero attached hydrogens (tertiary/aromatic N) is 5. The second-order valence-corrected chi connectivity index (χ2v) is 8.79. The number of amides is 2. The van der Waals surface area contributed by atoms with Crippen LogP contribution in [-0.4, -0.2) is 80.6 Å². The highest BCUT2D eigenvalue weighted by Gasteiger charge is 2.39. The second kappa shape index (κ2) is 8.80. The molecule has 2 aliphatic heterocycles. The minimum atomic E-state index is -1.72. The van der Waals surface area contributed by atoms with Crippen LogP contribution in [0.15, 0.2) is 40.7 Å². The zero-order valence-electron chi connectivity index (χ0n) is 19.0. The third-order valence-electron chi connectivity index (χ3n) is 6.44. The van der Waals surface area contributed by atoms with E-state index >= 15 is 8.78 Å². The molecule has 0 spiro atoms. The molecule has 2 amide bonds. The van der Waals surface area contributed by atoms with Crippen molar-refractivity contribution in [3.05, 3.63) is 46.3 Å². The van der Waals surface area contributed by atoms with Crippen molar-refractivity contribution in [3.8, 4) is 0 Å². The van der Waals surface area contributed by atoms with Gasteiger partial charge in [-0.25, -0.2) is 23.2 Å². The summed E-state index contributed by atoms with van der Waals surface area (Å²) in [4.78, 5) is 43.2. The van der Waals surface area contributed by atoms with Crippen LogP contribution in [0.25, 0.3) is 11.0 Å². The number of halogens is 2. The third kappa shape index (κ3) is 4.16. The number of aromatic nitrogens is 3. The molecule has 3 aliphatic rings. The molecule has 1 fully saturated rings. The minimum absolute atomic E-state index is 0.0682. The predicted octanol–water partition coefficient (Wildman–Crippen LogP) is 0.510. The fraction of sp³-hybridized carbons (Fsp3) is 0.455. The van der Waals surface area contributed by atoms with Crippen LogP contribution in [0.1, 0.15) is 6.92 Å². The second-order valence-electron chi connectivity index (χ2n) is 8.79. The number of pyridine rings is 1. The number of carbonyl (C=O) groups is 2. The molecule has 186 valence electrons. The van der Waals surface area contributed by atoms with Gasteiger partial charge in [-0.3, -0.25) is 24.1 Å². The fourth-order valence-electron chi connectivity index (χ4n) is 4.81. The molecule has 13 heteroatoms. The topological polar surface area (TPSA) is 128 Å². The normalized spacial score (nSPS) is 25.1. The van der Waals surface area contributed by atoms with E-state index in [2.05, 4.69) is 10.3 Å². The number of hydrogen-bond donors (Lipinski definition) is 2. The highest BCUT2D eigenvalue weighted by molar-refractivity contribution is 5.78. The molecule has 2 aromatic heterocycles. The van der Waals surface area contributed by atoms with Crippen LogP contribution < -0.4 is 16.6 Å². The Morgan fingerprint density at radius 1 is 1.26 bits per heavy atom. The molecule has 0 aromatic carbocycles. The van der Waals surface area contributed by atoms with E-state index < -0.39 is 30.2 Å². The van der Waals surface area contributed by atoms with Crippen molar-refractivity contribution in [1.29, 1.82) is 0 Å². The van der Waals surface area contributed by atoms with Gasteiger partial charge < -0.3 is 15.8 Å². The molecule has 1 aliphatic carbocycles. The number of rotatable bonds is 4. The summed E-state index contributed by atoms with van der Waals surface area (Å²) in [5.41, 5.74) is 6.45. The number of cyclic esters (lactones) is 1. The van der Waals surface area contributed by atoms with E-state index in [9.17, 15) is 14.4 Å². The zero-order valence-corrected chi connectivity index (χ0v) is 19.0. The summed E-state index contributed by atoms with van der Waals surface area (Å²) < 4.78 is 38.9. The summed E-state index contributed by atoms with van der Waals surface area (Å²) in [6, 6.07) is 0.400. The Hall–Kier alpha value is -3.74. The van der Waals surface area contributed by atoms with Crippen molar-refractivity contribution in [2.45, 2.75) is 38.3 Å². The van der Waals surface area contributed by atoms with Crippen molar-refractivity contribution in [3.63, 3.8) is 0 Å². The summed E-state index contributed by atoms with van der Waals surface area (Å²) >= 11 is 0. The molecule has 2 unspecified atom stereocenters. The maximum Gasteiger partial charge on any atom is 0.414 e. The van der Waals surface area contributed by atoms with Gasteiger partial charge in [-0.1, -0.05) is 0 Å². The molecule has 11 nitrogen and oxygen atoms in total. The van der Waals surface area contributed by atoms with Crippen molar-refractivity contribution in [2.75, 3.05) is 31.9 Å². The van der Waals surface area contributed by atoms with Crippen molar-refractivity contribution in [2.24, 2.45) is 0 Å². The molecular formula is C22H25F2N7O4. The number of allylic oxidation sites excluding steroid dienone is 1. The lowest BCUT2D eigenvalue weighted by molar-refractivity contribution is -0.119. The first-order valence-electron chi connectivity index (χ1n) is 11.3. The maximum absolute atomic E-state index is 15.3. The van der Waals surface area contributed by atoms with Crippen LogP contribution in [-0.2, 0) is 22.6 Å². The Balaban J connectivity index is 1.31. The molecule has 5 rings (SSSR count). The predicted molar refractivity (Wildman–Crippen MR) is 122 cm³/mol. The van der Waals surface area contributed by atoms with E-state index in [1.807, 2.05) is 0 Å². The molecule has 0 saturated carbocycles. The van der Waals surface area contributed by atoms with E-state index in [-0.39, 0.29) is 49.9 Å². The highest BCUT2D eigenvalue weighted by atomic mass is 19.1. The summed E-state index contributed by atoms with van der Waals surface area (Å²) in [6.45, 7) is 2.59. The van der Waals surface area contributed by atoms with E-state index in [0.717, 1.165) is 11.0 Å². The fourth-order valence-corrected chi connectivity index (χ4v) is 4.81. The number of alkyl halides is 1. The molecule has 2 aromatic rings. The average Bonchev–Trinajstić information content (AvgIpc) is 3.20. The average molecular weight is 489 g/mol. The molecule has 1 saturated heterocycles. The van der Waals surface area contributed by atoms with Crippen molar-refractivity contribution >= 4 is 28.7 Å². The number of carbonyl (C=O) groups excluding carboxylic acids is 2. The number of hydrogen-bond acceptors (Lipinski definition) is 7. The van der Waals surface area contributed by atoms with Gasteiger partial charge in [-0.15, -0.1) is 0 Å². The summed E-state index contributed by atoms with van der Waals surface area (Å²) in [6.07, 6.45) is 0.746. The van der Waals surface area contributed by atoms with E-state index in [4.69, 9.17) is 10.5 Å². The molecule has 0 radical (unpaired) electrons. The van der Waals surface area contributed by atoms with E-state index in [0.29, 0.717) is 23.3 Å². The summed E-state index contributed by atoms with van der Waals surface area (Å²) in [5.74, 6) is -0.990. The number of anilines is 1. The first-order valence-corrected chi connectivity index (χ1v) is 11.3. The van der Waals surface area contributed by atoms with Gasteiger partial charge in [0.2, 0.25) is 5.91 Å². The molecular weight excluding hydrogens is 464 g/mol.